The third kappa shape index (κ3) is 8.51. The van der Waals surface area contributed by atoms with Crippen LogP contribution in [0, 0.1) is 11.3 Å². The van der Waals surface area contributed by atoms with Gasteiger partial charge in [-0.3, -0.25) is 10.1 Å². The Labute approximate surface area is 247 Å². The zero-order chi connectivity index (χ0) is 31.2. The molecule has 3 rings (SSSR count). The summed E-state index contributed by atoms with van der Waals surface area (Å²) in [6.45, 7) is 9.17. The van der Waals surface area contributed by atoms with Crippen LogP contribution >= 0.6 is 0 Å². The van der Waals surface area contributed by atoms with Gasteiger partial charge in [-0.2, -0.15) is 4.31 Å². The molecule has 0 spiro atoms. The molecule has 13 heteroatoms. The van der Waals surface area contributed by atoms with E-state index in [1.165, 1.54) is 29.6 Å². The molecule has 1 aromatic heterocycles. The fraction of sp³-hybridized carbons (Fsp3) is 0.483. The maximum Gasteiger partial charge on any atom is 0.413 e. The number of carbonyl (C=O) groups is 2. The summed E-state index contributed by atoms with van der Waals surface area (Å²) in [6, 6.07) is 12.1. The fourth-order valence-electron chi connectivity index (χ4n) is 4.34. The van der Waals surface area contributed by atoms with Crippen LogP contribution in [0.25, 0.3) is 11.0 Å². The first-order chi connectivity index (χ1) is 19.6. The van der Waals surface area contributed by atoms with Gasteiger partial charge in [0, 0.05) is 13.1 Å². The summed E-state index contributed by atoms with van der Waals surface area (Å²) in [7, 11) is -2.88. The Balaban J connectivity index is 1.91. The largest absolute Gasteiger partial charge is 0.453 e. The van der Waals surface area contributed by atoms with E-state index in [4.69, 9.17) is 5.73 Å². The number of rotatable bonds is 12. The lowest BCUT2D eigenvalue weighted by atomic mass is 9.86. The van der Waals surface area contributed by atoms with Gasteiger partial charge in [0.2, 0.25) is 21.9 Å². The maximum absolute atomic E-state index is 13.9. The average molecular weight is 603 g/mol. The molecule has 0 bridgehead atoms. The van der Waals surface area contributed by atoms with Gasteiger partial charge in [0.05, 0.1) is 41.2 Å². The summed E-state index contributed by atoms with van der Waals surface area (Å²) in [5.41, 5.74) is 7.37. The summed E-state index contributed by atoms with van der Waals surface area (Å²) in [5, 5.41) is 16.7. The van der Waals surface area contributed by atoms with Crippen molar-refractivity contribution in [3.63, 3.8) is 0 Å². The summed E-state index contributed by atoms with van der Waals surface area (Å²) in [4.78, 5) is 31.7. The topological polar surface area (TPSA) is 180 Å². The number of fused-ring (bicyclic) bond motifs is 1. The van der Waals surface area contributed by atoms with Crippen LogP contribution in [-0.2, 0) is 26.0 Å². The molecule has 0 saturated carbocycles. The van der Waals surface area contributed by atoms with Gasteiger partial charge < -0.3 is 25.9 Å². The van der Waals surface area contributed by atoms with E-state index in [2.05, 4.69) is 25.3 Å². The Kier molecular flexibility index (Phi) is 10.7. The Morgan fingerprint density at radius 1 is 1.12 bits per heavy atom. The highest BCUT2D eigenvalue weighted by molar-refractivity contribution is 7.89. The van der Waals surface area contributed by atoms with E-state index in [0.29, 0.717) is 11.0 Å². The number of aromatic nitrogens is 2. The van der Waals surface area contributed by atoms with E-state index in [1.807, 2.05) is 65.0 Å². The van der Waals surface area contributed by atoms with Gasteiger partial charge >= 0.3 is 6.09 Å². The lowest BCUT2D eigenvalue weighted by Crippen LogP contribution is -2.56. The van der Waals surface area contributed by atoms with Crippen molar-refractivity contribution in [1.82, 2.24) is 19.6 Å². The van der Waals surface area contributed by atoms with Crippen molar-refractivity contribution in [2.75, 3.05) is 25.5 Å². The van der Waals surface area contributed by atoms with Gasteiger partial charge in [-0.15, -0.1) is 0 Å². The summed E-state index contributed by atoms with van der Waals surface area (Å²) in [5.74, 6) is -0.383. The van der Waals surface area contributed by atoms with Gasteiger partial charge in [-0.25, -0.2) is 18.2 Å². The third-order valence-corrected chi connectivity index (χ3v) is 8.59. The van der Waals surface area contributed by atoms with E-state index in [0.717, 1.165) is 5.56 Å². The van der Waals surface area contributed by atoms with Crippen LogP contribution in [-0.4, -0.2) is 78.2 Å². The number of imidazole rings is 1. The number of amides is 2. The van der Waals surface area contributed by atoms with Crippen LogP contribution in [0.1, 0.15) is 40.2 Å². The van der Waals surface area contributed by atoms with Crippen LogP contribution in [0.15, 0.2) is 53.4 Å². The molecule has 3 aromatic rings. The average Bonchev–Trinajstić information content (AvgIpc) is 3.32. The van der Waals surface area contributed by atoms with E-state index >= 15 is 0 Å². The molecule has 0 saturated heterocycles. The molecule has 42 heavy (non-hydrogen) atoms. The highest BCUT2D eigenvalue weighted by atomic mass is 32.2. The van der Waals surface area contributed by atoms with Crippen molar-refractivity contribution in [3.05, 3.63) is 54.1 Å². The number of aliphatic hydroxyl groups excluding tert-OH is 1. The third-order valence-electron chi connectivity index (χ3n) is 6.76. The van der Waals surface area contributed by atoms with Crippen molar-refractivity contribution in [2.45, 2.75) is 64.1 Å². The Morgan fingerprint density at radius 2 is 1.79 bits per heavy atom. The quantitative estimate of drug-likeness (QED) is 0.210. The predicted octanol–water partition coefficient (Wildman–Crippen LogP) is 2.85. The number of anilines is 1. The summed E-state index contributed by atoms with van der Waals surface area (Å²) < 4.78 is 33.6. The Bertz CT molecular complexity index is 1470. The second-order valence-corrected chi connectivity index (χ2v) is 13.8. The number of hydrogen-bond donors (Lipinski definition) is 5. The minimum absolute atomic E-state index is 0.0190. The van der Waals surface area contributed by atoms with Crippen molar-refractivity contribution in [2.24, 2.45) is 17.1 Å². The Hall–Kier alpha value is -3.52. The molecule has 2 amide bonds. The first-order valence-corrected chi connectivity index (χ1v) is 15.2. The van der Waals surface area contributed by atoms with Crippen LogP contribution in [0.5, 0.6) is 0 Å². The van der Waals surface area contributed by atoms with E-state index in [1.54, 1.807) is 0 Å². The zero-order valence-electron chi connectivity index (χ0n) is 24.9. The number of carbonyl (C=O) groups excluding carboxylic acids is 2. The zero-order valence-corrected chi connectivity index (χ0v) is 25.7. The fourth-order valence-corrected chi connectivity index (χ4v) is 5.98. The van der Waals surface area contributed by atoms with E-state index in [-0.39, 0.29) is 36.3 Å². The predicted molar refractivity (Wildman–Crippen MR) is 161 cm³/mol. The number of ether oxygens (including phenoxy) is 1. The van der Waals surface area contributed by atoms with E-state index < -0.39 is 45.6 Å². The number of H-pyrrole nitrogens is 1. The molecule has 0 aliphatic rings. The lowest BCUT2D eigenvalue weighted by molar-refractivity contribution is -0.126. The normalized spacial score (nSPS) is 14.5. The van der Waals surface area contributed by atoms with Crippen LogP contribution in [0.2, 0.25) is 0 Å². The first-order valence-electron chi connectivity index (χ1n) is 13.7. The molecule has 12 nitrogen and oxygen atoms in total. The monoisotopic (exact) mass is 602 g/mol. The number of methoxy groups -OCH3 is 1. The van der Waals surface area contributed by atoms with Crippen LogP contribution in [0.3, 0.4) is 0 Å². The second kappa shape index (κ2) is 13.6. The van der Waals surface area contributed by atoms with Gasteiger partial charge in [0.15, 0.2) is 0 Å². The van der Waals surface area contributed by atoms with Crippen molar-refractivity contribution < 1.29 is 27.9 Å². The number of aliphatic hydroxyl groups is 1. The molecular weight excluding hydrogens is 560 g/mol. The Morgan fingerprint density at radius 3 is 2.38 bits per heavy atom. The molecule has 2 aromatic carbocycles. The minimum Gasteiger partial charge on any atom is -0.453 e. The molecule has 0 aliphatic heterocycles. The van der Waals surface area contributed by atoms with E-state index in [9.17, 15) is 23.1 Å². The molecule has 0 radical (unpaired) electrons. The first kappa shape index (κ1) is 33.0. The standard InChI is InChI=1S/C29H42N6O6S/c1-18(2)16-35(42(39,40)20-12-13-21-22(15-20)33-27(32-21)34-28(38)41-6)17-24(36)23(14-19-10-8-7-9-11-19)31-26(37)25(30)29(3,4)5/h7-13,15,18,23-25,36H,14,16-17,30H2,1-6H3,(H,31,37)(H2,32,33,34,38)/t23?,24-,25-/m1/s1. The number of sulfonamides is 1. The molecule has 6 N–H and O–H groups in total. The number of nitrogens with one attached hydrogen (secondary N) is 3. The highest BCUT2D eigenvalue weighted by Gasteiger charge is 2.34. The SMILES string of the molecule is COC(=O)Nc1nc2ccc(S(=O)(=O)N(CC(C)C)C[C@@H](O)C(Cc3ccccc3)NC(=O)[C@@H](N)C(C)(C)C)cc2[nH]1. The van der Waals surface area contributed by atoms with Crippen LogP contribution < -0.4 is 16.4 Å². The molecule has 0 aliphatic carbocycles. The maximum atomic E-state index is 13.9. The van der Waals surface area contributed by atoms with Crippen molar-refractivity contribution in [3.8, 4) is 0 Å². The van der Waals surface area contributed by atoms with Crippen molar-refractivity contribution in [1.29, 1.82) is 0 Å². The number of nitrogens with two attached hydrogens (primary N) is 1. The number of nitrogens with zero attached hydrogens (tertiary/aromatic N) is 2. The molecule has 3 atom stereocenters. The smallest absolute Gasteiger partial charge is 0.413 e. The second-order valence-electron chi connectivity index (χ2n) is 11.8. The highest BCUT2D eigenvalue weighted by Crippen LogP contribution is 2.24. The summed E-state index contributed by atoms with van der Waals surface area (Å²) >= 11 is 0. The van der Waals surface area contributed by atoms with Gasteiger partial charge in [-0.1, -0.05) is 65.0 Å². The molecule has 1 heterocycles. The molecule has 230 valence electrons. The minimum atomic E-state index is -4.10. The number of hydrogen-bond acceptors (Lipinski definition) is 8. The van der Waals surface area contributed by atoms with Gasteiger partial charge in [0.1, 0.15) is 0 Å². The molecular formula is C29H42N6O6S. The summed E-state index contributed by atoms with van der Waals surface area (Å²) in [6.07, 6.45) is -1.70. The van der Waals surface area contributed by atoms with Gasteiger partial charge in [0.25, 0.3) is 0 Å². The van der Waals surface area contributed by atoms with Gasteiger partial charge in [-0.05, 0) is 41.5 Å². The lowest BCUT2D eigenvalue weighted by Gasteiger charge is -2.33. The number of benzene rings is 2. The number of aromatic amines is 1. The molecule has 1 unspecified atom stereocenters. The van der Waals surface area contributed by atoms with Crippen molar-refractivity contribution >= 4 is 39.0 Å². The molecule has 0 fully saturated rings. The van der Waals surface area contributed by atoms with Crippen LogP contribution in [0.4, 0.5) is 10.7 Å².